The highest BCUT2D eigenvalue weighted by Crippen LogP contribution is 2.24. The molecule has 0 aliphatic heterocycles. The average molecular weight is 349 g/mol. The van der Waals surface area contributed by atoms with E-state index in [-0.39, 0.29) is 18.1 Å². The zero-order valence-electron chi connectivity index (χ0n) is 13.2. The highest BCUT2D eigenvalue weighted by molar-refractivity contribution is 5.92. The van der Waals surface area contributed by atoms with Gasteiger partial charge >= 0.3 is 6.36 Å². The molecule has 0 bridgehead atoms. The first-order valence-electron chi connectivity index (χ1n) is 7.39. The normalized spacial score (nSPS) is 11.5. The lowest BCUT2D eigenvalue weighted by Crippen LogP contribution is -2.18. The van der Waals surface area contributed by atoms with Gasteiger partial charge in [0.1, 0.15) is 11.4 Å². The number of imidazole rings is 1. The van der Waals surface area contributed by atoms with Crippen molar-refractivity contribution in [2.45, 2.75) is 19.7 Å². The number of benzene rings is 1. The number of hydrogen-bond donors (Lipinski definition) is 1. The summed E-state index contributed by atoms with van der Waals surface area (Å²) in [6, 6.07) is 8.73. The lowest BCUT2D eigenvalue weighted by Gasteiger charge is -2.11. The molecule has 5 nitrogen and oxygen atoms in total. The largest absolute Gasteiger partial charge is 0.573 e. The van der Waals surface area contributed by atoms with Crippen molar-refractivity contribution in [2.24, 2.45) is 0 Å². The van der Waals surface area contributed by atoms with E-state index in [1.54, 1.807) is 12.4 Å². The van der Waals surface area contributed by atoms with Crippen LogP contribution < -0.4 is 10.1 Å². The standard InChI is InChI=1S/C17H14F3N3O2/c1-11-2-7-15-21-8-9-23(15)14(11)10-16(24)22-12-3-5-13(6-4-12)25-17(18,19)20/h2-9H,10H2,1H3,(H,22,24). The fourth-order valence-corrected chi connectivity index (χ4v) is 2.47. The first kappa shape index (κ1) is 16.8. The number of alkyl halides is 3. The summed E-state index contributed by atoms with van der Waals surface area (Å²) in [7, 11) is 0. The number of halogens is 3. The van der Waals surface area contributed by atoms with Crippen LogP contribution in [0.15, 0.2) is 48.8 Å². The molecule has 1 amide bonds. The Kier molecular flexibility index (Phi) is 4.35. The third-order valence-corrected chi connectivity index (χ3v) is 3.60. The Morgan fingerprint density at radius 1 is 1.20 bits per heavy atom. The number of nitrogens with zero attached hydrogens (tertiary/aromatic N) is 2. The Morgan fingerprint density at radius 3 is 2.60 bits per heavy atom. The molecule has 0 atom stereocenters. The smallest absolute Gasteiger partial charge is 0.406 e. The molecule has 1 aromatic carbocycles. The molecule has 0 aliphatic rings. The molecule has 2 heterocycles. The maximum absolute atomic E-state index is 12.3. The molecule has 1 N–H and O–H groups in total. The summed E-state index contributed by atoms with van der Waals surface area (Å²) in [6.45, 7) is 1.89. The Bertz CT molecular complexity index is 902. The number of pyridine rings is 1. The van der Waals surface area contributed by atoms with Crippen LogP contribution >= 0.6 is 0 Å². The lowest BCUT2D eigenvalue weighted by molar-refractivity contribution is -0.274. The van der Waals surface area contributed by atoms with E-state index < -0.39 is 6.36 Å². The second kappa shape index (κ2) is 6.46. The number of carbonyl (C=O) groups is 1. The van der Waals surface area contributed by atoms with Gasteiger partial charge in [-0.1, -0.05) is 6.07 Å². The van der Waals surface area contributed by atoms with Crippen LogP contribution in [0.1, 0.15) is 11.3 Å². The molecule has 0 aliphatic carbocycles. The highest BCUT2D eigenvalue weighted by Gasteiger charge is 2.30. The third-order valence-electron chi connectivity index (χ3n) is 3.60. The molecule has 0 saturated carbocycles. The monoisotopic (exact) mass is 349 g/mol. The molecule has 130 valence electrons. The van der Waals surface area contributed by atoms with Crippen LogP contribution in [0.5, 0.6) is 5.75 Å². The van der Waals surface area contributed by atoms with Gasteiger partial charge in [-0.2, -0.15) is 0 Å². The number of aromatic nitrogens is 2. The molecular weight excluding hydrogens is 335 g/mol. The summed E-state index contributed by atoms with van der Waals surface area (Å²) in [5.41, 5.74) is 2.86. The zero-order chi connectivity index (χ0) is 18.0. The van der Waals surface area contributed by atoms with Crippen LogP contribution in [0.4, 0.5) is 18.9 Å². The number of rotatable bonds is 4. The van der Waals surface area contributed by atoms with E-state index in [1.807, 2.05) is 23.5 Å². The Morgan fingerprint density at radius 2 is 1.92 bits per heavy atom. The molecule has 2 aromatic heterocycles. The minimum Gasteiger partial charge on any atom is -0.406 e. The number of hydrogen-bond acceptors (Lipinski definition) is 3. The number of fused-ring (bicyclic) bond motifs is 1. The minimum absolute atomic E-state index is 0.111. The third kappa shape index (κ3) is 4.09. The lowest BCUT2D eigenvalue weighted by atomic mass is 10.1. The predicted octanol–water partition coefficient (Wildman–Crippen LogP) is 3.72. The molecule has 0 unspecified atom stereocenters. The van der Waals surface area contributed by atoms with Crippen LogP contribution in [-0.4, -0.2) is 21.7 Å². The van der Waals surface area contributed by atoms with Crippen molar-refractivity contribution in [1.82, 2.24) is 9.38 Å². The van der Waals surface area contributed by atoms with E-state index in [0.717, 1.165) is 29.0 Å². The summed E-state index contributed by atoms with van der Waals surface area (Å²) in [5.74, 6) is -0.627. The summed E-state index contributed by atoms with van der Waals surface area (Å²) in [5, 5.41) is 2.66. The number of amides is 1. The molecule has 0 fully saturated rings. The van der Waals surface area contributed by atoms with Crippen LogP contribution in [0.3, 0.4) is 0 Å². The van der Waals surface area contributed by atoms with Gasteiger partial charge in [0, 0.05) is 23.8 Å². The molecule has 0 saturated heterocycles. The van der Waals surface area contributed by atoms with Gasteiger partial charge in [0.2, 0.25) is 5.91 Å². The van der Waals surface area contributed by atoms with Crippen molar-refractivity contribution >= 4 is 17.2 Å². The maximum atomic E-state index is 12.3. The number of carbonyl (C=O) groups excluding carboxylic acids is 1. The van der Waals surface area contributed by atoms with Crippen molar-refractivity contribution in [1.29, 1.82) is 0 Å². The Balaban J connectivity index is 1.70. The quantitative estimate of drug-likeness (QED) is 0.781. The second-order valence-electron chi connectivity index (χ2n) is 5.42. The van der Waals surface area contributed by atoms with Crippen molar-refractivity contribution in [3.8, 4) is 5.75 Å². The van der Waals surface area contributed by atoms with E-state index in [2.05, 4.69) is 15.0 Å². The van der Waals surface area contributed by atoms with Gasteiger partial charge in [-0.15, -0.1) is 13.2 Å². The zero-order valence-corrected chi connectivity index (χ0v) is 13.2. The van der Waals surface area contributed by atoms with Crippen molar-refractivity contribution < 1.29 is 22.7 Å². The van der Waals surface area contributed by atoms with Gasteiger partial charge in [0.05, 0.1) is 6.42 Å². The van der Waals surface area contributed by atoms with Gasteiger partial charge in [0.25, 0.3) is 0 Å². The first-order chi connectivity index (χ1) is 11.8. The van der Waals surface area contributed by atoms with E-state index in [0.29, 0.717) is 5.69 Å². The number of aryl methyl sites for hydroxylation is 1. The molecule has 0 spiro atoms. The van der Waals surface area contributed by atoms with Crippen LogP contribution in [0, 0.1) is 6.92 Å². The van der Waals surface area contributed by atoms with E-state index in [4.69, 9.17) is 0 Å². The van der Waals surface area contributed by atoms with Gasteiger partial charge in [-0.05, 0) is 42.8 Å². The van der Waals surface area contributed by atoms with Crippen LogP contribution in [0.2, 0.25) is 0 Å². The maximum Gasteiger partial charge on any atom is 0.573 e. The van der Waals surface area contributed by atoms with Crippen LogP contribution in [-0.2, 0) is 11.2 Å². The highest BCUT2D eigenvalue weighted by atomic mass is 19.4. The molecule has 25 heavy (non-hydrogen) atoms. The first-order valence-corrected chi connectivity index (χ1v) is 7.39. The Hall–Kier alpha value is -3.03. The van der Waals surface area contributed by atoms with Gasteiger partial charge in [-0.25, -0.2) is 4.98 Å². The average Bonchev–Trinajstić information content (AvgIpc) is 2.99. The Labute approximate surface area is 141 Å². The van der Waals surface area contributed by atoms with E-state index >= 15 is 0 Å². The number of nitrogens with one attached hydrogen (secondary N) is 1. The fourth-order valence-electron chi connectivity index (χ4n) is 2.47. The van der Waals surface area contributed by atoms with Gasteiger partial charge in [-0.3, -0.25) is 4.79 Å². The van der Waals surface area contributed by atoms with Gasteiger partial charge in [0.15, 0.2) is 0 Å². The fraction of sp³-hybridized carbons (Fsp3) is 0.176. The molecule has 0 radical (unpaired) electrons. The number of ether oxygens (including phenoxy) is 1. The summed E-state index contributed by atoms with van der Waals surface area (Å²) in [6.07, 6.45) is -1.21. The second-order valence-corrected chi connectivity index (χ2v) is 5.42. The molecule has 3 aromatic rings. The molecule has 3 rings (SSSR count). The summed E-state index contributed by atoms with van der Waals surface area (Å²) < 4.78 is 42.0. The SMILES string of the molecule is Cc1ccc2nccn2c1CC(=O)Nc1ccc(OC(F)(F)F)cc1. The van der Waals surface area contributed by atoms with Crippen molar-refractivity contribution in [3.05, 3.63) is 60.0 Å². The predicted molar refractivity (Wildman–Crippen MR) is 85.4 cm³/mol. The topological polar surface area (TPSA) is 55.6 Å². The van der Waals surface area contributed by atoms with Crippen molar-refractivity contribution in [2.75, 3.05) is 5.32 Å². The minimum atomic E-state index is -4.74. The van der Waals surface area contributed by atoms with E-state index in [9.17, 15) is 18.0 Å². The summed E-state index contributed by atoms with van der Waals surface area (Å²) in [4.78, 5) is 16.4. The van der Waals surface area contributed by atoms with Gasteiger partial charge < -0.3 is 14.5 Å². The van der Waals surface area contributed by atoms with Crippen molar-refractivity contribution in [3.63, 3.8) is 0 Å². The van der Waals surface area contributed by atoms with Crippen LogP contribution in [0.25, 0.3) is 5.65 Å². The molecular formula is C17H14F3N3O2. The number of anilines is 1. The summed E-state index contributed by atoms with van der Waals surface area (Å²) >= 11 is 0. The van der Waals surface area contributed by atoms with E-state index in [1.165, 1.54) is 12.1 Å². The molecule has 8 heteroatoms.